The summed E-state index contributed by atoms with van der Waals surface area (Å²) >= 11 is 0. The molecule has 2 atom stereocenters. The second-order valence-corrected chi connectivity index (χ2v) is 5.94. The lowest BCUT2D eigenvalue weighted by Gasteiger charge is -2.17. The number of hydrogen-bond acceptors (Lipinski definition) is 2. The Morgan fingerprint density at radius 3 is 2.43 bits per heavy atom. The Morgan fingerprint density at radius 2 is 1.81 bits per heavy atom. The molecular weight excluding hydrogens is 264 g/mol. The zero-order valence-electron chi connectivity index (χ0n) is 12.2. The zero-order chi connectivity index (χ0) is 14.8. The van der Waals surface area contributed by atoms with Crippen LogP contribution in [0.5, 0.6) is 0 Å². The number of anilines is 1. The van der Waals surface area contributed by atoms with Crippen molar-refractivity contribution in [1.29, 1.82) is 0 Å². The van der Waals surface area contributed by atoms with Gasteiger partial charge in [0.15, 0.2) is 0 Å². The molecule has 1 aliphatic heterocycles. The number of nitrogens with one attached hydrogen (secondary N) is 1. The lowest BCUT2D eigenvalue weighted by atomic mass is 9.86. The number of carbonyl (C=O) groups is 2. The van der Waals surface area contributed by atoms with E-state index in [1.807, 2.05) is 17.0 Å². The van der Waals surface area contributed by atoms with Crippen molar-refractivity contribution in [3.05, 3.63) is 42.0 Å². The highest BCUT2D eigenvalue weighted by molar-refractivity contribution is 5.97. The van der Waals surface area contributed by atoms with E-state index in [1.165, 1.54) is 6.92 Å². The van der Waals surface area contributed by atoms with Crippen molar-refractivity contribution in [2.75, 3.05) is 18.4 Å². The Hall–Kier alpha value is -2.10. The van der Waals surface area contributed by atoms with E-state index in [1.54, 1.807) is 12.1 Å². The Balaban J connectivity index is 1.72. The molecule has 21 heavy (non-hydrogen) atoms. The topological polar surface area (TPSA) is 49.4 Å². The minimum absolute atomic E-state index is 0.0663. The lowest BCUT2D eigenvalue weighted by Crippen LogP contribution is -2.29. The Bertz CT molecular complexity index is 578. The monoisotopic (exact) mass is 284 g/mol. The van der Waals surface area contributed by atoms with Crippen molar-refractivity contribution in [2.45, 2.75) is 19.8 Å². The molecule has 3 rings (SSSR count). The third kappa shape index (κ3) is 2.99. The maximum absolute atomic E-state index is 12.6. The highest BCUT2D eigenvalue weighted by Gasteiger charge is 2.35. The van der Waals surface area contributed by atoms with Gasteiger partial charge in [0.2, 0.25) is 5.91 Å². The van der Waals surface area contributed by atoms with Crippen LogP contribution in [-0.4, -0.2) is 29.8 Å². The molecule has 110 valence electrons. The zero-order valence-corrected chi connectivity index (χ0v) is 12.2. The van der Waals surface area contributed by atoms with E-state index in [0.717, 1.165) is 25.9 Å². The number of nitrogens with zero attached hydrogens (tertiary/aromatic N) is 1. The van der Waals surface area contributed by atoms with Gasteiger partial charge >= 0.3 is 0 Å². The number of rotatable bonds is 2. The molecule has 2 aliphatic rings. The minimum atomic E-state index is -0.127. The van der Waals surface area contributed by atoms with Crippen LogP contribution in [0.1, 0.15) is 30.1 Å². The average Bonchev–Trinajstić information content (AvgIpc) is 2.90. The minimum Gasteiger partial charge on any atom is -0.338 e. The van der Waals surface area contributed by atoms with Crippen molar-refractivity contribution in [2.24, 2.45) is 11.8 Å². The summed E-state index contributed by atoms with van der Waals surface area (Å²) in [5.74, 6) is 1.16. The number of fused-ring (bicyclic) bond motifs is 1. The van der Waals surface area contributed by atoms with Crippen LogP contribution in [0, 0.1) is 11.8 Å². The highest BCUT2D eigenvalue weighted by Crippen LogP contribution is 2.33. The number of carbonyl (C=O) groups excluding carboxylic acids is 2. The Labute approximate surface area is 124 Å². The fourth-order valence-corrected chi connectivity index (χ4v) is 3.30. The van der Waals surface area contributed by atoms with Crippen LogP contribution in [-0.2, 0) is 4.79 Å². The van der Waals surface area contributed by atoms with Gasteiger partial charge in [0.25, 0.3) is 5.91 Å². The molecule has 1 N–H and O–H groups in total. The van der Waals surface area contributed by atoms with Crippen molar-refractivity contribution < 1.29 is 9.59 Å². The van der Waals surface area contributed by atoms with Gasteiger partial charge < -0.3 is 10.2 Å². The summed E-state index contributed by atoms with van der Waals surface area (Å²) in [5, 5.41) is 2.72. The molecule has 1 fully saturated rings. The first-order valence-electron chi connectivity index (χ1n) is 7.45. The first-order valence-corrected chi connectivity index (χ1v) is 7.45. The van der Waals surface area contributed by atoms with Crippen LogP contribution in [0.2, 0.25) is 0 Å². The largest absolute Gasteiger partial charge is 0.338 e. The standard InChI is InChI=1S/C17H20N2O2/c1-12(20)18-16-8-4-7-13(9-16)17(21)19-10-14-5-2-3-6-15(14)11-19/h2-4,7-9,14-15H,5-6,10-11H2,1H3,(H,18,20). The molecule has 0 radical (unpaired) electrons. The van der Waals surface area contributed by atoms with Crippen LogP contribution in [0.3, 0.4) is 0 Å². The third-order valence-corrected chi connectivity index (χ3v) is 4.34. The average molecular weight is 284 g/mol. The summed E-state index contributed by atoms with van der Waals surface area (Å²) in [4.78, 5) is 25.7. The second-order valence-electron chi connectivity index (χ2n) is 5.94. The molecule has 0 aromatic heterocycles. The maximum Gasteiger partial charge on any atom is 0.253 e. The van der Waals surface area contributed by atoms with E-state index in [9.17, 15) is 9.59 Å². The van der Waals surface area contributed by atoms with Crippen molar-refractivity contribution in [1.82, 2.24) is 4.90 Å². The highest BCUT2D eigenvalue weighted by atomic mass is 16.2. The van der Waals surface area contributed by atoms with Crippen molar-refractivity contribution >= 4 is 17.5 Å². The Kier molecular flexibility index (Phi) is 3.78. The predicted molar refractivity (Wildman–Crippen MR) is 82.0 cm³/mol. The molecule has 1 heterocycles. The van der Waals surface area contributed by atoms with E-state index in [4.69, 9.17) is 0 Å². The number of amides is 2. The second kappa shape index (κ2) is 5.72. The molecule has 1 aliphatic carbocycles. The molecule has 0 spiro atoms. The molecule has 1 saturated heterocycles. The number of allylic oxidation sites excluding steroid dienone is 2. The van der Waals surface area contributed by atoms with Gasteiger partial charge in [-0.25, -0.2) is 0 Å². The lowest BCUT2D eigenvalue weighted by molar-refractivity contribution is -0.114. The van der Waals surface area contributed by atoms with Gasteiger partial charge in [-0.05, 0) is 42.9 Å². The van der Waals surface area contributed by atoms with E-state index < -0.39 is 0 Å². The van der Waals surface area contributed by atoms with Gasteiger partial charge in [-0.1, -0.05) is 18.2 Å². The van der Waals surface area contributed by atoms with E-state index >= 15 is 0 Å². The van der Waals surface area contributed by atoms with Crippen LogP contribution < -0.4 is 5.32 Å². The maximum atomic E-state index is 12.6. The molecule has 2 unspecified atom stereocenters. The fraction of sp³-hybridized carbons (Fsp3) is 0.412. The molecule has 2 amide bonds. The SMILES string of the molecule is CC(=O)Nc1cccc(C(=O)N2CC3CC=CCC3C2)c1. The molecule has 4 nitrogen and oxygen atoms in total. The van der Waals surface area contributed by atoms with E-state index in [2.05, 4.69) is 17.5 Å². The Morgan fingerprint density at radius 1 is 1.14 bits per heavy atom. The van der Waals surface area contributed by atoms with Gasteiger partial charge in [0.05, 0.1) is 0 Å². The molecule has 0 bridgehead atoms. The van der Waals surface area contributed by atoms with Gasteiger partial charge in [-0.3, -0.25) is 9.59 Å². The van der Waals surface area contributed by atoms with Crippen molar-refractivity contribution in [3.63, 3.8) is 0 Å². The van der Waals surface area contributed by atoms with Gasteiger partial charge in [0.1, 0.15) is 0 Å². The van der Waals surface area contributed by atoms with Gasteiger partial charge in [0, 0.05) is 31.3 Å². The molecule has 4 heteroatoms. The van der Waals surface area contributed by atoms with E-state index in [0.29, 0.717) is 23.1 Å². The van der Waals surface area contributed by atoms with Crippen LogP contribution in [0.25, 0.3) is 0 Å². The summed E-state index contributed by atoms with van der Waals surface area (Å²) in [6.07, 6.45) is 6.62. The molecule has 1 aromatic rings. The third-order valence-electron chi connectivity index (χ3n) is 4.34. The smallest absolute Gasteiger partial charge is 0.253 e. The number of likely N-dealkylation sites (tertiary alicyclic amines) is 1. The molecular formula is C17H20N2O2. The van der Waals surface area contributed by atoms with Crippen LogP contribution in [0.4, 0.5) is 5.69 Å². The quantitative estimate of drug-likeness (QED) is 0.849. The van der Waals surface area contributed by atoms with Gasteiger partial charge in [-0.15, -0.1) is 0 Å². The summed E-state index contributed by atoms with van der Waals surface area (Å²) < 4.78 is 0. The first-order chi connectivity index (χ1) is 10.1. The summed E-state index contributed by atoms with van der Waals surface area (Å²) in [7, 11) is 0. The molecule has 1 aromatic carbocycles. The number of benzene rings is 1. The van der Waals surface area contributed by atoms with Crippen LogP contribution in [0.15, 0.2) is 36.4 Å². The molecule has 0 saturated carbocycles. The van der Waals surface area contributed by atoms with Crippen LogP contribution >= 0.6 is 0 Å². The number of hydrogen-bond donors (Lipinski definition) is 1. The van der Waals surface area contributed by atoms with E-state index in [-0.39, 0.29) is 11.8 Å². The summed E-state index contributed by atoms with van der Waals surface area (Å²) in [6.45, 7) is 3.16. The predicted octanol–water partition coefficient (Wildman–Crippen LogP) is 2.68. The summed E-state index contributed by atoms with van der Waals surface area (Å²) in [5.41, 5.74) is 1.32. The normalized spacial score (nSPS) is 23.8. The first kappa shape index (κ1) is 13.9. The fourth-order valence-electron chi connectivity index (χ4n) is 3.30. The van der Waals surface area contributed by atoms with Gasteiger partial charge in [-0.2, -0.15) is 0 Å². The van der Waals surface area contributed by atoms with Crippen molar-refractivity contribution in [3.8, 4) is 0 Å². The summed E-state index contributed by atoms with van der Waals surface area (Å²) in [6, 6.07) is 7.17.